The molecule has 0 unspecified atom stereocenters. The van der Waals surface area contributed by atoms with Gasteiger partial charge in [-0.25, -0.2) is 4.98 Å². The Bertz CT molecular complexity index is 429. The fourth-order valence-electron chi connectivity index (χ4n) is 1.96. The molecule has 1 aromatic heterocycles. The third-order valence-corrected chi connectivity index (χ3v) is 3.27. The van der Waals surface area contributed by atoms with Gasteiger partial charge in [0.1, 0.15) is 11.9 Å². The van der Waals surface area contributed by atoms with Crippen LogP contribution in [0.1, 0.15) is 31.7 Å². The van der Waals surface area contributed by atoms with Crippen LogP contribution in [0.3, 0.4) is 0 Å². The van der Waals surface area contributed by atoms with E-state index in [-0.39, 0.29) is 0 Å². The number of nitrogens with zero attached hydrogens (tertiary/aromatic N) is 2. The lowest BCUT2D eigenvalue weighted by atomic mass is 9.70. The van der Waals surface area contributed by atoms with Gasteiger partial charge in [0.05, 0.1) is 17.4 Å². The van der Waals surface area contributed by atoms with Crippen LogP contribution in [0.4, 0.5) is 11.5 Å². The molecule has 1 saturated carbocycles. The van der Waals surface area contributed by atoms with Crippen LogP contribution in [0.5, 0.6) is 0 Å². The third-order valence-electron chi connectivity index (χ3n) is 3.27. The summed E-state index contributed by atoms with van der Waals surface area (Å²) in [5, 5.41) is 12.2. The second-order valence-corrected chi connectivity index (χ2v) is 4.79. The number of anilines is 2. The molecule has 2 rings (SSSR count). The van der Waals surface area contributed by atoms with E-state index in [4.69, 9.17) is 11.0 Å². The SMILES string of the molecule is CC1(CNc2ncc(N)cc2C#N)CCC1. The standard InChI is InChI=1S/C12H16N4/c1-12(3-2-4-12)8-16-11-9(6-13)5-10(14)7-15-11/h5,7H,2-4,8,14H2,1H3,(H,15,16). The van der Waals surface area contributed by atoms with Crippen molar-refractivity contribution in [2.75, 3.05) is 17.6 Å². The zero-order valence-corrected chi connectivity index (χ0v) is 9.45. The lowest BCUT2D eigenvalue weighted by Crippen LogP contribution is -2.33. The van der Waals surface area contributed by atoms with Crippen LogP contribution in [-0.4, -0.2) is 11.5 Å². The highest BCUT2D eigenvalue weighted by molar-refractivity contribution is 5.57. The Morgan fingerprint density at radius 3 is 2.94 bits per heavy atom. The number of pyridine rings is 1. The molecule has 84 valence electrons. The molecule has 1 aliphatic rings. The van der Waals surface area contributed by atoms with Crippen molar-refractivity contribution in [1.29, 1.82) is 5.26 Å². The number of nitrogens with two attached hydrogens (primary N) is 1. The van der Waals surface area contributed by atoms with E-state index in [1.165, 1.54) is 19.3 Å². The van der Waals surface area contributed by atoms with Gasteiger partial charge in [-0.1, -0.05) is 13.3 Å². The van der Waals surface area contributed by atoms with E-state index < -0.39 is 0 Å². The minimum Gasteiger partial charge on any atom is -0.397 e. The molecule has 4 heteroatoms. The second-order valence-electron chi connectivity index (χ2n) is 4.79. The molecule has 0 saturated heterocycles. The molecule has 0 spiro atoms. The summed E-state index contributed by atoms with van der Waals surface area (Å²) in [5.41, 5.74) is 6.99. The highest BCUT2D eigenvalue weighted by Crippen LogP contribution is 2.40. The molecule has 1 aliphatic carbocycles. The van der Waals surface area contributed by atoms with E-state index in [2.05, 4.69) is 23.3 Å². The topological polar surface area (TPSA) is 74.7 Å². The van der Waals surface area contributed by atoms with Gasteiger partial charge in [0.2, 0.25) is 0 Å². The Kier molecular flexibility index (Phi) is 2.69. The van der Waals surface area contributed by atoms with E-state index in [9.17, 15) is 0 Å². The smallest absolute Gasteiger partial charge is 0.144 e. The first-order chi connectivity index (χ1) is 7.63. The van der Waals surface area contributed by atoms with Gasteiger partial charge in [-0.05, 0) is 24.3 Å². The van der Waals surface area contributed by atoms with Gasteiger partial charge in [0.25, 0.3) is 0 Å². The molecule has 0 bridgehead atoms. The number of nitriles is 1. The van der Waals surface area contributed by atoms with Crippen molar-refractivity contribution in [3.05, 3.63) is 17.8 Å². The quantitative estimate of drug-likeness (QED) is 0.811. The Morgan fingerprint density at radius 1 is 1.62 bits per heavy atom. The Morgan fingerprint density at radius 2 is 2.38 bits per heavy atom. The van der Waals surface area contributed by atoms with Crippen molar-refractivity contribution >= 4 is 11.5 Å². The summed E-state index contributed by atoms with van der Waals surface area (Å²) in [5.74, 6) is 0.643. The number of rotatable bonds is 3. The lowest BCUT2D eigenvalue weighted by Gasteiger charge is -2.38. The van der Waals surface area contributed by atoms with Crippen molar-refractivity contribution < 1.29 is 0 Å². The van der Waals surface area contributed by atoms with Crippen molar-refractivity contribution in [3.63, 3.8) is 0 Å². The van der Waals surface area contributed by atoms with E-state index in [0.29, 0.717) is 22.5 Å². The van der Waals surface area contributed by atoms with Crippen LogP contribution in [0.2, 0.25) is 0 Å². The first-order valence-corrected chi connectivity index (χ1v) is 5.52. The maximum Gasteiger partial charge on any atom is 0.144 e. The molecule has 1 aromatic rings. The van der Waals surface area contributed by atoms with Crippen molar-refractivity contribution in [1.82, 2.24) is 4.98 Å². The molecule has 0 aliphatic heterocycles. The number of hydrogen-bond acceptors (Lipinski definition) is 4. The minimum absolute atomic E-state index is 0.371. The fraction of sp³-hybridized carbons (Fsp3) is 0.500. The maximum absolute atomic E-state index is 8.96. The van der Waals surface area contributed by atoms with Crippen LogP contribution in [0.25, 0.3) is 0 Å². The normalized spacial score (nSPS) is 17.2. The van der Waals surface area contributed by atoms with Crippen LogP contribution >= 0.6 is 0 Å². The van der Waals surface area contributed by atoms with E-state index in [1.807, 2.05) is 0 Å². The number of hydrogen-bond donors (Lipinski definition) is 2. The zero-order chi connectivity index (χ0) is 11.6. The van der Waals surface area contributed by atoms with E-state index >= 15 is 0 Å². The van der Waals surface area contributed by atoms with Gasteiger partial charge in [-0.2, -0.15) is 5.26 Å². The summed E-state index contributed by atoms with van der Waals surface area (Å²) in [6, 6.07) is 3.75. The largest absolute Gasteiger partial charge is 0.397 e. The molecule has 0 amide bonds. The summed E-state index contributed by atoms with van der Waals surface area (Å²) in [7, 11) is 0. The van der Waals surface area contributed by atoms with Crippen LogP contribution in [0, 0.1) is 16.7 Å². The van der Waals surface area contributed by atoms with E-state index in [1.54, 1.807) is 12.3 Å². The molecule has 4 nitrogen and oxygen atoms in total. The number of aromatic nitrogens is 1. The average molecular weight is 216 g/mol. The minimum atomic E-state index is 0.371. The van der Waals surface area contributed by atoms with E-state index in [0.717, 1.165) is 6.54 Å². The third kappa shape index (κ3) is 2.08. The molecule has 1 heterocycles. The highest BCUT2D eigenvalue weighted by Gasteiger charge is 2.31. The zero-order valence-electron chi connectivity index (χ0n) is 9.45. The van der Waals surface area contributed by atoms with Gasteiger partial charge in [-0.3, -0.25) is 0 Å². The van der Waals surface area contributed by atoms with Crippen LogP contribution in [0.15, 0.2) is 12.3 Å². The Balaban J connectivity index is 2.07. The second kappa shape index (κ2) is 4.01. The summed E-state index contributed by atoms with van der Waals surface area (Å²) in [6.45, 7) is 3.13. The predicted octanol–water partition coefficient (Wildman–Crippen LogP) is 2.14. The first-order valence-electron chi connectivity index (χ1n) is 5.52. The molecule has 1 fully saturated rings. The Hall–Kier alpha value is -1.76. The maximum atomic E-state index is 8.96. The Labute approximate surface area is 95.5 Å². The molecular formula is C12H16N4. The fourth-order valence-corrected chi connectivity index (χ4v) is 1.96. The summed E-state index contributed by atoms with van der Waals surface area (Å²) in [4.78, 5) is 4.15. The number of nitrogens with one attached hydrogen (secondary N) is 1. The average Bonchev–Trinajstić information content (AvgIpc) is 2.24. The molecule has 3 N–H and O–H groups in total. The lowest BCUT2D eigenvalue weighted by molar-refractivity contribution is 0.180. The van der Waals surface area contributed by atoms with Crippen molar-refractivity contribution in [2.24, 2.45) is 5.41 Å². The van der Waals surface area contributed by atoms with Gasteiger partial charge in [0, 0.05) is 6.54 Å². The molecule has 0 aromatic carbocycles. The van der Waals surface area contributed by atoms with Crippen LogP contribution in [-0.2, 0) is 0 Å². The van der Waals surface area contributed by atoms with Gasteiger partial charge in [-0.15, -0.1) is 0 Å². The summed E-state index contributed by atoms with van der Waals surface area (Å²) < 4.78 is 0. The summed E-state index contributed by atoms with van der Waals surface area (Å²) in [6.07, 6.45) is 5.37. The molecule has 0 atom stereocenters. The van der Waals surface area contributed by atoms with Crippen molar-refractivity contribution in [2.45, 2.75) is 26.2 Å². The highest BCUT2D eigenvalue weighted by atomic mass is 15.0. The number of nitrogen functional groups attached to an aromatic ring is 1. The van der Waals surface area contributed by atoms with Crippen LogP contribution < -0.4 is 11.1 Å². The molecule has 0 radical (unpaired) electrons. The van der Waals surface area contributed by atoms with Gasteiger partial charge in [0.15, 0.2) is 0 Å². The van der Waals surface area contributed by atoms with Gasteiger partial charge >= 0.3 is 0 Å². The molecular weight excluding hydrogens is 200 g/mol. The molecule has 16 heavy (non-hydrogen) atoms. The van der Waals surface area contributed by atoms with Gasteiger partial charge < -0.3 is 11.1 Å². The van der Waals surface area contributed by atoms with Crippen molar-refractivity contribution in [3.8, 4) is 6.07 Å². The first kappa shape index (κ1) is 10.7. The predicted molar refractivity (Wildman–Crippen MR) is 63.8 cm³/mol. The monoisotopic (exact) mass is 216 g/mol. The summed E-state index contributed by atoms with van der Waals surface area (Å²) >= 11 is 0.